The SMILES string of the molecule is CN(C)c1cccc(C(=O)N2CC3CCn4c(-c5ccncc5)cnc4C3C2)c1. The number of anilines is 1. The first-order chi connectivity index (χ1) is 14.1. The number of likely N-dealkylation sites (tertiary alicyclic amines) is 1. The minimum Gasteiger partial charge on any atom is -0.378 e. The third-order valence-electron chi connectivity index (χ3n) is 6.26. The highest BCUT2D eigenvalue weighted by molar-refractivity contribution is 5.95. The summed E-state index contributed by atoms with van der Waals surface area (Å²) in [5, 5.41) is 0. The van der Waals surface area contributed by atoms with Crippen LogP contribution in [0.4, 0.5) is 5.69 Å². The van der Waals surface area contributed by atoms with Gasteiger partial charge in [0.15, 0.2) is 0 Å². The molecule has 1 fully saturated rings. The van der Waals surface area contributed by atoms with Crippen molar-refractivity contribution in [2.24, 2.45) is 5.92 Å². The molecule has 6 heteroatoms. The average molecular weight is 387 g/mol. The summed E-state index contributed by atoms with van der Waals surface area (Å²) in [4.78, 5) is 26.1. The maximum absolute atomic E-state index is 13.2. The van der Waals surface area contributed by atoms with Crippen LogP contribution in [0.15, 0.2) is 55.0 Å². The van der Waals surface area contributed by atoms with Gasteiger partial charge in [-0.3, -0.25) is 9.78 Å². The van der Waals surface area contributed by atoms with Gasteiger partial charge < -0.3 is 14.4 Å². The lowest BCUT2D eigenvalue weighted by Crippen LogP contribution is -2.29. The van der Waals surface area contributed by atoms with Gasteiger partial charge in [-0.2, -0.15) is 0 Å². The van der Waals surface area contributed by atoms with E-state index in [1.54, 1.807) is 0 Å². The summed E-state index contributed by atoms with van der Waals surface area (Å²) in [7, 11) is 3.99. The molecule has 148 valence electrons. The number of benzene rings is 1. The Morgan fingerprint density at radius 1 is 1.14 bits per heavy atom. The second-order valence-electron chi connectivity index (χ2n) is 8.20. The molecule has 0 spiro atoms. The van der Waals surface area contributed by atoms with Crippen molar-refractivity contribution >= 4 is 11.6 Å². The van der Waals surface area contributed by atoms with Crippen molar-refractivity contribution < 1.29 is 4.79 Å². The number of carbonyl (C=O) groups excluding carboxylic acids is 1. The van der Waals surface area contributed by atoms with Gasteiger partial charge in [-0.1, -0.05) is 6.07 Å². The quantitative estimate of drug-likeness (QED) is 0.692. The van der Waals surface area contributed by atoms with Crippen molar-refractivity contribution in [2.75, 3.05) is 32.1 Å². The zero-order valence-electron chi connectivity index (χ0n) is 16.8. The zero-order chi connectivity index (χ0) is 20.0. The molecule has 0 aliphatic carbocycles. The number of amides is 1. The zero-order valence-corrected chi connectivity index (χ0v) is 16.8. The van der Waals surface area contributed by atoms with Crippen molar-refractivity contribution in [1.82, 2.24) is 19.4 Å². The summed E-state index contributed by atoms with van der Waals surface area (Å²) in [6.45, 7) is 2.50. The minimum absolute atomic E-state index is 0.121. The highest BCUT2D eigenvalue weighted by atomic mass is 16.2. The van der Waals surface area contributed by atoms with Crippen LogP contribution in [0.3, 0.4) is 0 Å². The predicted octanol–water partition coefficient (Wildman–Crippen LogP) is 3.27. The Morgan fingerprint density at radius 3 is 2.76 bits per heavy atom. The van der Waals surface area contributed by atoms with Crippen LogP contribution in [-0.2, 0) is 6.54 Å². The van der Waals surface area contributed by atoms with Gasteiger partial charge in [-0.15, -0.1) is 0 Å². The fraction of sp³-hybridized carbons (Fsp3) is 0.348. The van der Waals surface area contributed by atoms with E-state index in [1.165, 1.54) is 0 Å². The molecule has 2 atom stereocenters. The highest BCUT2D eigenvalue weighted by Crippen LogP contribution is 2.40. The molecule has 1 saturated heterocycles. The monoisotopic (exact) mass is 387 g/mol. The lowest BCUT2D eigenvalue weighted by Gasteiger charge is -2.26. The standard InChI is InChI=1S/C23H25N5O/c1-26(2)19-5-3-4-17(12-19)23(29)27-14-18-8-11-28-21(16-6-9-24-10-7-16)13-25-22(28)20(18)15-27/h3-7,9-10,12-13,18,20H,8,11,14-15H2,1-2H3. The summed E-state index contributed by atoms with van der Waals surface area (Å²) in [6, 6.07) is 11.9. The number of carbonyl (C=O) groups is 1. The van der Waals surface area contributed by atoms with Gasteiger partial charge in [0.05, 0.1) is 11.9 Å². The Hall–Kier alpha value is -3.15. The molecule has 2 aromatic heterocycles. The Balaban J connectivity index is 1.40. The molecule has 6 nitrogen and oxygen atoms in total. The van der Waals surface area contributed by atoms with Crippen molar-refractivity contribution in [3.63, 3.8) is 0 Å². The Morgan fingerprint density at radius 2 is 1.97 bits per heavy atom. The van der Waals surface area contributed by atoms with Crippen molar-refractivity contribution in [3.05, 3.63) is 66.4 Å². The maximum atomic E-state index is 13.2. The fourth-order valence-corrected chi connectivity index (χ4v) is 4.69. The fourth-order valence-electron chi connectivity index (χ4n) is 4.69. The number of pyridine rings is 1. The van der Waals surface area contributed by atoms with E-state index in [-0.39, 0.29) is 5.91 Å². The van der Waals surface area contributed by atoms with Crippen molar-refractivity contribution in [3.8, 4) is 11.3 Å². The van der Waals surface area contributed by atoms with Gasteiger partial charge in [0.1, 0.15) is 5.82 Å². The van der Waals surface area contributed by atoms with E-state index in [2.05, 4.69) is 9.55 Å². The van der Waals surface area contributed by atoms with Crippen LogP contribution in [0.2, 0.25) is 0 Å². The van der Waals surface area contributed by atoms with Crippen LogP contribution in [0.1, 0.15) is 28.5 Å². The van der Waals surface area contributed by atoms with Gasteiger partial charge in [-0.05, 0) is 42.7 Å². The van der Waals surface area contributed by atoms with E-state index < -0.39 is 0 Å². The van der Waals surface area contributed by atoms with E-state index in [9.17, 15) is 4.79 Å². The molecule has 29 heavy (non-hydrogen) atoms. The normalized spacial score (nSPS) is 20.3. The second-order valence-corrected chi connectivity index (χ2v) is 8.20. The lowest BCUT2D eigenvalue weighted by atomic mass is 9.89. The molecule has 1 aromatic carbocycles. The molecular weight excluding hydrogens is 362 g/mol. The summed E-state index contributed by atoms with van der Waals surface area (Å²) in [6.07, 6.45) is 6.68. The average Bonchev–Trinajstić information content (AvgIpc) is 3.38. The molecule has 0 bridgehead atoms. The molecule has 4 heterocycles. The van der Waals surface area contributed by atoms with E-state index in [0.29, 0.717) is 11.8 Å². The maximum Gasteiger partial charge on any atom is 0.253 e. The molecule has 1 amide bonds. The van der Waals surface area contributed by atoms with E-state index in [1.807, 2.05) is 78.9 Å². The van der Waals surface area contributed by atoms with E-state index in [0.717, 1.165) is 54.4 Å². The van der Waals surface area contributed by atoms with Gasteiger partial charge in [0.25, 0.3) is 5.91 Å². The van der Waals surface area contributed by atoms with Crippen LogP contribution in [0.5, 0.6) is 0 Å². The van der Waals surface area contributed by atoms with Gasteiger partial charge in [0, 0.05) is 68.9 Å². The molecular formula is C23H25N5O. The summed E-state index contributed by atoms with van der Waals surface area (Å²) >= 11 is 0. The highest BCUT2D eigenvalue weighted by Gasteiger charge is 2.41. The lowest BCUT2D eigenvalue weighted by molar-refractivity contribution is 0.0786. The molecule has 0 saturated carbocycles. The molecule has 3 aromatic rings. The molecule has 0 N–H and O–H groups in total. The number of imidazole rings is 1. The number of hydrogen-bond donors (Lipinski definition) is 0. The number of hydrogen-bond acceptors (Lipinski definition) is 4. The third-order valence-corrected chi connectivity index (χ3v) is 6.26. The number of nitrogens with zero attached hydrogens (tertiary/aromatic N) is 5. The molecule has 2 unspecified atom stereocenters. The summed E-state index contributed by atoms with van der Waals surface area (Å²) < 4.78 is 2.33. The smallest absolute Gasteiger partial charge is 0.253 e. The van der Waals surface area contributed by atoms with Crippen LogP contribution in [0.25, 0.3) is 11.3 Å². The first-order valence-electron chi connectivity index (χ1n) is 10.1. The first-order valence-corrected chi connectivity index (χ1v) is 10.1. The summed E-state index contributed by atoms with van der Waals surface area (Å²) in [5.74, 6) is 2.03. The predicted molar refractivity (Wildman–Crippen MR) is 113 cm³/mol. The molecule has 0 radical (unpaired) electrons. The number of rotatable bonds is 3. The van der Waals surface area contributed by atoms with Crippen molar-refractivity contribution in [2.45, 2.75) is 18.9 Å². The molecule has 2 aliphatic heterocycles. The summed E-state index contributed by atoms with van der Waals surface area (Å²) in [5.41, 5.74) is 4.09. The molecule has 5 rings (SSSR count). The van der Waals surface area contributed by atoms with Gasteiger partial charge in [0.2, 0.25) is 0 Å². The van der Waals surface area contributed by atoms with E-state index in [4.69, 9.17) is 4.98 Å². The Labute approximate surface area is 170 Å². The van der Waals surface area contributed by atoms with Gasteiger partial charge in [-0.25, -0.2) is 4.98 Å². The van der Waals surface area contributed by atoms with Crippen LogP contribution in [-0.4, -0.2) is 52.5 Å². The minimum atomic E-state index is 0.121. The topological polar surface area (TPSA) is 54.3 Å². The van der Waals surface area contributed by atoms with Crippen molar-refractivity contribution in [1.29, 1.82) is 0 Å². The van der Waals surface area contributed by atoms with Crippen LogP contribution < -0.4 is 4.90 Å². The van der Waals surface area contributed by atoms with Crippen LogP contribution in [0, 0.1) is 5.92 Å². The molecule has 2 aliphatic rings. The Kier molecular flexibility index (Phi) is 4.34. The number of fused-ring (bicyclic) bond motifs is 3. The Bertz CT molecular complexity index is 1040. The van der Waals surface area contributed by atoms with E-state index >= 15 is 0 Å². The first kappa shape index (κ1) is 17.9. The van der Waals surface area contributed by atoms with Gasteiger partial charge >= 0.3 is 0 Å². The largest absolute Gasteiger partial charge is 0.378 e. The second kappa shape index (κ2) is 7.03. The number of aromatic nitrogens is 3. The van der Waals surface area contributed by atoms with Crippen LogP contribution >= 0.6 is 0 Å². The third kappa shape index (κ3) is 3.09.